The number of thiazole rings is 1. The van der Waals surface area contributed by atoms with Gasteiger partial charge in [-0.15, -0.1) is 22.7 Å². The maximum atomic E-state index is 11.2. The van der Waals surface area contributed by atoms with E-state index in [9.17, 15) is 15.2 Å². The van der Waals surface area contributed by atoms with Crippen molar-refractivity contribution in [3.8, 4) is 16.0 Å². The van der Waals surface area contributed by atoms with Crippen LogP contribution in [0.2, 0.25) is 0 Å². The fourth-order valence-corrected chi connectivity index (χ4v) is 4.84. The van der Waals surface area contributed by atoms with E-state index in [0.29, 0.717) is 16.3 Å². The Morgan fingerprint density at radius 2 is 2.12 bits per heavy atom. The van der Waals surface area contributed by atoms with E-state index in [1.165, 1.54) is 29.1 Å². The first-order valence-corrected chi connectivity index (χ1v) is 9.14. The molecule has 1 aliphatic heterocycles. The lowest BCUT2D eigenvalue weighted by atomic mass is 10.1. The molecule has 1 fully saturated rings. The summed E-state index contributed by atoms with van der Waals surface area (Å²) >= 11 is 2.68. The van der Waals surface area contributed by atoms with E-state index >= 15 is 0 Å². The zero-order valence-corrected chi connectivity index (χ0v) is 14.5. The van der Waals surface area contributed by atoms with Gasteiger partial charge in [-0.3, -0.25) is 0 Å². The molecule has 0 bridgehead atoms. The number of benzene rings is 1. The van der Waals surface area contributed by atoms with Crippen molar-refractivity contribution in [2.45, 2.75) is 13.3 Å². The molecule has 1 aromatic carbocycles. The zero-order chi connectivity index (χ0) is 16.8. The number of nitrogens with zero attached hydrogens (tertiary/aromatic N) is 3. The maximum Gasteiger partial charge on any atom is 0.347 e. The number of aromatic nitrogens is 1. The number of nitriles is 1. The molecule has 3 aromatic rings. The summed E-state index contributed by atoms with van der Waals surface area (Å²) in [5, 5.41) is 20.4. The number of rotatable bonds is 3. The molecule has 0 atom stereocenters. The van der Waals surface area contributed by atoms with Crippen LogP contribution in [0, 0.1) is 18.3 Å². The summed E-state index contributed by atoms with van der Waals surface area (Å²) in [7, 11) is 0. The van der Waals surface area contributed by atoms with Crippen LogP contribution >= 0.6 is 22.7 Å². The van der Waals surface area contributed by atoms with Crippen LogP contribution in [0.4, 0.5) is 5.69 Å². The van der Waals surface area contributed by atoms with E-state index in [0.717, 1.165) is 33.7 Å². The number of aryl methyl sites for hydroxylation is 1. The van der Waals surface area contributed by atoms with E-state index < -0.39 is 5.97 Å². The van der Waals surface area contributed by atoms with Gasteiger partial charge in [-0.05, 0) is 36.9 Å². The Bertz CT molecular complexity index is 1010. The topological polar surface area (TPSA) is 77.2 Å². The molecular formula is C17H13N3O2S2. The van der Waals surface area contributed by atoms with Gasteiger partial charge in [0.25, 0.3) is 0 Å². The van der Waals surface area contributed by atoms with Gasteiger partial charge < -0.3 is 10.0 Å². The summed E-state index contributed by atoms with van der Waals surface area (Å²) in [5.74, 6) is -0.949. The smallest absolute Gasteiger partial charge is 0.347 e. The fraction of sp³-hybridized carbons (Fsp3) is 0.235. The number of hydrogen-bond donors (Lipinski definition) is 1. The van der Waals surface area contributed by atoms with Gasteiger partial charge in [0.1, 0.15) is 16.0 Å². The van der Waals surface area contributed by atoms with Gasteiger partial charge in [0.15, 0.2) is 0 Å². The quantitative estimate of drug-likeness (QED) is 0.765. The predicted molar refractivity (Wildman–Crippen MR) is 96.2 cm³/mol. The van der Waals surface area contributed by atoms with Gasteiger partial charge in [0, 0.05) is 18.8 Å². The number of aromatic carboxylic acids is 1. The molecule has 0 saturated carbocycles. The Hall–Kier alpha value is -2.43. The standard InChI is InChI=1S/C17H13N3O2S2/c1-9-14(17(21)22)24-16(19-9)13-7-10-5-12(20-3-2-4-20)6-11(8-18)15(10)23-13/h5-7H,2-4H2,1H3,(H,21,22). The Morgan fingerprint density at radius 3 is 2.71 bits per heavy atom. The van der Waals surface area contributed by atoms with Crippen molar-refractivity contribution in [3.63, 3.8) is 0 Å². The van der Waals surface area contributed by atoms with Crippen LogP contribution < -0.4 is 4.90 Å². The number of thiophene rings is 1. The number of fused-ring (bicyclic) bond motifs is 1. The molecule has 0 unspecified atom stereocenters. The van der Waals surface area contributed by atoms with Crippen LogP contribution in [0.15, 0.2) is 18.2 Å². The van der Waals surface area contributed by atoms with Crippen molar-refractivity contribution in [2.75, 3.05) is 18.0 Å². The van der Waals surface area contributed by atoms with Gasteiger partial charge in [0.05, 0.1) is 20.8 Å². The summed E-state index contributed by atoms with van der Waals surface area (Å²) in [6.45, 7) is 3.77. The van der Waals surface area contributed by atoms with Gasteiger partial charge in [-0.2, -0.15) is 5.26 Å². The second-order valence-electron chi connectivity index (χ2n) is 5.71. The Balaban J connectivity index is 1.84. The summed E-state index contributed by atoms with van der Waals surface area (Å²) in [6.07, 6.45) is 1.19. The summed E-state index contributed by atoms with van der Waals surface area (Å²) in [6, 6.07) is 8.34. The number of anilines is 1. The minimum Gasteiger partial charge on any atom is -0.477 e. The summed E-state index contributed by atoms with van der Waals surface area (Å²) in [5.41, 5.74) is 2.27. The molecule has 3 heterocycles. The van der Waals surface area contributed by atoms with Crippen molar-refractivity contribution in [2.24, 2.45) is 0 Å². The highest BCUT2D eigenvalue weighted by Gasteiger charge is 2.20. The minimum absolute atomic E-state index is 0.268. The molecule has 1 saturated heterocycles. The van der Waals surface area contributed by atoms with Crippen LogP contribution in [0.25, 0.3) is 20.0 Å². The first-order chi connectivity index (χ1) is 11.6. The zero-order valence-electron chi connectivity index (χ0n) is 12.9. The molecule has 5 nitrogen and oxygen atoms in total. The van der Waals surface area contributed by atoms with Crippen LogP contribution in [0.3, 0.4) is 0 Å². The second-order valence-corrected chi connectivity index (χ2v) is 7.76. The van der Waals surface area contributed by atoms with Gasteiger partial charge in [0.2, 0.25) is 0 Å². The second kappa shape index (κ2) is 5.58. The Kier molecular flexibility index (Phi) is 3.52. The predicted octanol–water partition coefficient (Wildman–Crippen LogP) is 4.11. The number of hydrogen-bond acceptors (Lipinski definition) is 6. The van der Waals surface area contributed by atoms with E-state index in [-0.39, 0.29) is 4.88 Å². The average molecular weight is 355 g/mol. The highest BCUT2D eigenvalue weighted by molar-refractivity contribution is 7.26. The monoisotopic (exact) mass is 355 g/mol. The molecule has 2 aromatic heterocycles. The van der Waals surface area contributed by atoms with E-state index in [1.807, 2.05) is 12.1 Å². The largest absolute Gasteiger partial charge is 0.477 e. The van der Waals surface area contributed by atoms with E-state index in [1.54, 1.807) is 6.92 Å². The number of carboxylic acid groups (broad SMARTS) is 1. The lowest BCUT2D eigenvalue weighted by molar-refractivity contribution is 0.0701. The lowest BCUT2D eigenvalue weighted by Gasteiger charge is -2.33. The fourth-order valence-electron chi connectivity index (χ4n) is 2.78. The summed E-state index contributed by atoms with van der Waals surface area (Å²) in [4.78, 5) is 19.0. The SMILES string of the molecule is Cc1nc(-c2cc3cc(N4CCC4)cc(C#N)c3s2)sc1C(=O)O. The van der Waals surface area contributed by atoms with Crippen molar-refractivity contribution in [1.82, 2.24) is 4.98 Å². The number of carbonyl (C=O) groups is 1. The molecule has 0 spiro atoms. The Morgan fingerprint density at radius 1 is 1.33 bits per heavy atom. The molecule has 1 aliphatic rings. The van der Waals surface area contributed by atoms with Gasteiger partial charge in [-0.25, -0.2) is 9.78 Å². The van der Waals surface area contributed by atoms with Crippen LogP contribution in [-0.4, -0.2) is 29.1 Å². The van der Waals surface area contributed by atoms with Crippen molar-refractivity contribution >= 4 is 44.4 Å². The molecule has 4 rings (SSSR count). The molecule has 0 radical (unpaired) electrons. The highest BCUT2D eigenvalue weighted by Crippen LogP contribution is 2.40. The average Bonchev–Trinajstić information content (AvgIpc) is 3.07. The normalized spacial score (nSPS) is 13.8. The first-order valence-electron chi connectivity index (χ1n) is 7.50. The third kappa shape index (κ3) is 2.35. The molecule has 0 aliphatic carbocycles. The van der Waals surface area contributed by atoms with Gasteiger partial charge >= 0.3 is 5.97 Å². The van der Waals surface area contributed by atoms with Crippen LogP contribution in [-0.2, 0) is 0 Å². The van der Waals surface area contributed by atoms with E-state index in [2.05, 4.69) is 22.0 Å². The van der Waals surface area contributed by atoms with Crippen molar-refractivity contribution < 1.29 is 9.90 Å². The summed E-state index contributed by atoms with van der Waals surface area (Å²) < 4.78 is 0.932. The van der Waals surface area contributed by atoms with Crippen LogP contribution in [0.1, 0.15) is 27.3 Å². The third-order valence-corrected chi connectivity index (χ3v) is 6.64. The highest BCUT2D eigenvalue weighted by atomic mass is 32.1. The lowest BCUT2D eigenvalue weighted by Crippen LogP contribution is -2.36. The number of carboxylic acids is 1. The van der Waals surface area contributed by atoms with Crippen LogP contribution in [0.5, 0.6) is 0 Å². The molecule has 1 N–H and O–H groups in total. The maximum absolute atomic E-state index is 11.2. The molecule has 24 heavy (non-hydrogen) atoms. The van der Waals surface area contributed by atoms with E-state index in [4.69, 9.17) is 0 Å². The molecule has 120 valence electrons. The minimum atomic E-state index is -0.949. The van der Waals surface area contributed by atoms with Gasteiger partial charge in [-0.1, -0.05) is 0 Å². The molecule has 7 heteroatoms. The molecular weight excluding hydrogens is 342 g/mol. The van der Waals surface area contributed by atoms with Crippen molar-refractivity contribution in [1.29, 1.82) is 5.26 Å². The third-order valence-electron chi connectivity index (χ3n) is 4.14. The van der Waals surface area contributed by atoms with Crippen molar-refractivity contribution in [3.05, 3.63) is 34.3 Å². The molecule has 0 amide bonds. The first kappa shape index (κ1) is 15.1. The Labute approximate surface area is 146 Å².